The Bertz CT molecular complexity index is 984. The lowest BCUT2D eigenvalue weighted by Crippen LogP contribution is -2.13. The third-order valence-corrected chi connectivity index (χ3v) is 3.95. The highest BCUT2D eigenvalue weighted by Crippen LogP contribution is 2.32. The number of nitrogens with zero attached hydrogens (tertiary/aromatic N) is 2. The van der Waals surface area contributed by atoms with Crippen molar-refractivity contribution in [3.63, 3.8) is 0 Å². The molecule has 3 aromatic rings. The van der Waals surface area contributed by atoms with Crippen LogP contribution in [0.1, 0.15) is 5.76 Å². The monoisotopic (exact) mass is 353 g/mol. The highest BCUT2D eigenvalue weighted by atomic mass is 32.1. The van der Waals surface area contributed by atoms with Crippen molar-refractivity contribution >= 4 is 28.5 Å². The Morgan fingerprint density at radius 3 is 2.84 bits per heavy atom. The standard InChI is InChI=1S/C17H11N3O4S/c18-8-11(6-12-2-1-5-24-12)16(23)20-17-19-13(9-25-17)10-3-4-14(21)15(22)7-10/h1-7,9,21-22H,(H,19,20,23)/b11-6+. The summed E-state index contributed by atoms with van der Waals surface area (Å²) in [5.74, 6) is -0.696. The molecule has 2 aromatic heterocycles. The average Bonchev–Trinajstić information content (AvgIpc) is 3.27. The van der Waals surface area contributed by atoms with Crippen LogP contribution in [0.15, 0.2) is 52.0 Å². The van der Waals surface area contributed by atoms with Gasteiger partial charge in [-0.15, -0.1) is 11.3 Å². The normalized spacial score (nSPS) is 11.1. The van der Waals surface area contributed by atoms with Crippen LogP contribution in [0.25, 0.3) is 17.3 Å². The molecule has 1 amide bonds. The fourth-order valence-corrected chi connectivity index (χ4v) is 2.69. The van der Waals surface area contributed by atoms with Crippen LogP contribution in [0.5, 0.6) is 11.5 Å². The number of aromatic nitrogens is 1. The summed E-state index contributed by atoms with van der Waals surface area (Å²) in [5.41, 5.74) is 0.983. The van der Waals surface area contributed by atoms with E-state index in [2.05, 4.69) is 10.3 Å². The van der Waals surface area contributed by atoms with Gasteiger partial charge in [-0.2, -0.15) is 5.26 Å². The van der Waals surface area contributed by atoms with Gasteiger partial charge in [0.25, 0.3) is 5.91 Å². The van der Waals surface area contributed by atoms with E-state index >= 15 is 0 Å². The minimum atomic E-state index is -0.603. The fraction of sp³-hybridized carbons (Fsp3) is 0. The number of phenolic OH excluding ortho intramolecular Hbond substituents is 2. The van der Waals surface area contributed by atoms with Crippen LogP contribution in [-0.2, 0) is 4.79 Å². The van der Waals surface area contributed by atoms with Gasteiger partial charge >= 0.3 is 0 Å². The van der Waals surface area contributed by atoms with E-state index in [9.17, 15) is 15.0 Å². The zero-order valence-corrected chi connectivity index (χ0v) is 13.4. The van der Waals surface area contributed by atoms with E-state index in [1.54, 1.807) is 23.6 Å². The molecule has 0 unspecified atom stereocenters. The van der Waals surface area contributed by atoms with Gasteiger partial charge < -0.3 is 14.6 Å². The van der Waals surface area contributed by atoms with Crippen molar-refractivity contribution in [2.24, 2.45) is 0 Å². The molecule has 3 N–H and O–H groups in total. The van der Waals surface area contributed by atoms with Crippen LogP contribution in [0, 0.1) is 11.3 Å². The van der Waals surface area contributed by atoms with Gasteiger partial charge in [-0.1, -0.05) is 0 Å². The lowest BCUT2D eigenvalue weighted by molar-refractivity contribution is -0.112. The lowest BCUT2D eigenvalue weighted by Gasteiger charge is -2.01. The predicted molar refractivity (Wildman–Crippen MR) is 91.8 cm³/mol. The first-order chi connectivity index (χ1) is 12.1. The molecule has 0 bridgehead atoms. The zero-order valence-electron chi connectivity index (χ0n) is 12.6. The molecule has 124 valence electrons. The minimum Gasteiger partial charge on any atom is -0.504 e. The van der Waals surface area contributed by atoms with Crippen molar-refractivity contribution in [2.75, 3.05) is 5.32 Å². The summed E-state index contributed by atoms with van der Waals surface area (Å²) in [5, 5.41) is 32.5. The van der Waals surface area contributed by atoms with E-state index < -0.39 is 5.91 Å². The van der Waals surface area contributed by atoms with Gasteiger partial charge in [0.2, 0.25) is 0 Å². The molecule has 1 aromatic carbocycles. The minimum absolute atomic E-state index is 0.117. The van der Waals surface area contributed by atoms with Crippen molar-refractivity contribution in [1.82, 2.24) is 4.98 Å². The maximum atomic E-state index is 12.2. The van der Waals surface area contributed by atoms with E-state index in [4.69, 9.17) is 9.68 Å². The van der Waals surface area contributed by atoms with Gasteiger partial charge in [0, 0.05) is 17.0 Å². The number of rotatable bonds is 4. The molecule has 7 nitrogen and oxygen atoms in total. The molecule has 0 spiro atoms. The molecule has 8 heteroatoms. The smallest absolute Gasteiger partial charge is 0.268 e. The number of carbonyl (C=O) groups is 1. The summed E-state index contributed by atoms with van der Waals surface area (Å²) in [6.45, 7) is 0. The second kappa shape index (κ2) is 6.90. The molecule has 0 radical (unpaired) electrons. The van der Waals surface area contributed by atoms with Crippen LogP contribution in [0.3, 0.4) is 0 Å². The number of anilines is 1. The summed E-state index contributed by atoms with van der Waals surface area (Å²) < 4.78 is 5.08. The van der Waals surface area contributed by atoms with E-state index in [0.29, 0.717) is 22.1 Å². The molecule has 0 saturated heterocycles. The molecule has 0 fully saturated rings. The number of thiazole rings is 1. The molecule has 0 saturated carbocycles. The number of carbonyl (C=O) groups excluding carboxylic acids is 1. The molecule has 25 heavy (non-hydrogen) atoms. The number of amides is 1. The topological polar surface area (TPSA) is 119 Å². The van der Waals surface area contributed by atoms with Crippen molar-refractivity contribution < 1.29 is 19.4 Å². The molecular weight excluding hydrogens is 342 g/mol. The van der Waals surface area contributed by atoms with E-state index in [1.165, 1.54) is 35.8 Å². The van der Waals surface area contributed by atoms with Crippen LogP contribution < -0.4 is 5.32 Å². The summed E-state index contributed by atoms with van der Waals surface area (Å²) in [6, 6.07) is 9.41. The maximum absolute atomic E-state index is 12.2. The van der Waals surface area contributed by atoms with Gasteiger partial charge in [0.05, 0.1) is 12.0 Å². The van der Waals surface area contributed by atoms with Crippen molar-refractivity contribution in [3.8, 4) is 28.8 Å². The van der Waals surface area contributed by atoms with Crippen LogP contribution >= 0.6 is 11.3 Å². The average molecular weight is 353 g/mol. The van der Waals surface area contributed by atoms with Gasteiger partial charge in [0.1, 0.15) is 17.4 Å². The van der Waals surface area contributed by atoms with Crippen molar-refractivity contribution in [1.29, 1.82) is 5.26 Å². The zero-order chi connectivity index (χ0) is 17.8. The molecule has 2 heterocycles. The Kier molecular flexibility index (Phi) is 4.50. The first-order valence-electron chi connectivity index (χ1n) is 7.01. The van der Waals surface area contributed by atoms with Gasteiger partial charge in [-0.05, 0) is 30.3 Å². The Balaban J connectivity index is 1.77. The van der Waals surface area contributed by atoms with Gasteiger partial charge in [0.15, 0.2) is 16.6 Å². The SMILES string of the molecule is N#C/C(=C\c1ccco1)C(=O)Nc1nc(-c2ccc(O)c(O)c2)cs1. The van der Waals surface area contributed by atoms with Crippen LogP contribution in [0.4, 0.5) is 5.13 Å². The quantitative estimate of drug-likeness (QED) is 0.376. The van der Waals surface area contributed by atoms with Crippen molar-refractivity contribution in [2.45, 2.75) is 0 Å². The maximum Gasteiger partial charge on any atom is 0.268 e. The van der Waals surface area contributed by atoms with Crippen LogP contribution in [0.2, 0.25) is 0 Å². The Morgan fingerprint density at radius 1 is 1.32 bits per heavy atom. The number of nitrogens with one attached hydrogen (secondary N) is 1. The summed E-state index contributed by atoms with van der Waals surface area (Å²) in [6.07, 6.45) is 2.78. The molecule has 3 rings (SSSR count). The van der Waals surface area contributed by atoms with Crippen LogP contribution in [-0.4, -0.2) is 21.1 Å². The highest BCUT2D eigenvalue weighted by Gasteiger charge is 2.13. The summed E-state index contributed by atoms with van der Waals surface area (Å²) in [4.78, 5) is 16.4. The first kappa shape index (κ1) is 16.3. The number of hydrogen-bond acceptors (Lipinski definition) is 7. The largest absolute Gasteiger partial charge is 0.504 e. The molecule has 0 aliphatic heterocycles. The van der Waals surface area contributed by atoms with Crippen molar-refractivity contribution in [3.05, 3.63) is 53.3 Å². The lowest BCUT2D eigenvalue weighted by atomic mass is 10.1. The Labute approximate surface area is 146 Å². The van der Waals surface area contributed by atoms with E-state index in [-0.39, 0.29) is 17.1 Å². The molecular formula is C17H11N3O4S. The van der Waals surface area contributed by atoms with Gasteiger partial charge in [-0.3, -0.25) is 10.1 Å². The number of furan rings is 1. The second-order valence-corrected chi connectivity index (χ2v) is 5.74. The van der Waals surface area contributed by atoms with Gasteiger partial charge in [-0.25, -0.2) is 4.98 Å². The van der Waals surface area contributed by atoms with E-state index in [0.717, 1.165) is 0 Å². The number of nitriles is 1. The number of benzene rings is 1. The Morgan fingerprint density at radius 2 is 2.16 bits per heavy atom. The third kappa shape index (κ3) is 3.68. The first-order valence-corrected chi connectivity index (χ1v) is 7.89. The fourth-order valence-electron chi connectivity index (χ4n) is 1.98. The second-order valence-electron chi connectivity index (χ2n) is 4.88. The Hall–Kier alpha value is -3.57. The number of phenols is 2. The highest BCUT2D eigenvalue weighted by molar-refractivity contribution is 7.14. The van der Waals surface area contributed by atoms with E-state index in [1.807, 2.05) is 6.07 Å². The number of hydrogen-bond donors (Lipinski definition) is 3. The summed E-state index contributed by atoms with van der Waals surface area (Å²) in [7, 11) is 0. The number of aromatic hydroxyl groups is 2. The summed E-state index contributed by atoms with van der Waals surface area (Å²) >= 11 is 1.17. The third-order valence-electron chi connectivity index (χ3n) is 3.19. The molecule has 0 atom stereocenters. The molecule has 0 aliphatic carbocycles. The predicted octanol–water partition coefficient (Wildman–Crippen LogP) is 3.36. The molecule has 0 aliphatic rings.